The topological polar surface area (TPSA) is 21.3 Å². The number of rotatable bonds is 9. The van der Waals surface area contributed by atoms with E-state index in [0.29, 0.717) is 6.04 Å². The first-order chi connectivity index (χ1) is 9.25. The first-order valence-corrected chi connectivity index (χ1v) is 7.61. The van der Waals surface area contributed by atoms with Crippen molar-refractivity contribution in [1.29, 1.82) is 0 Å². The van der Waals surface area contributed by atoms with E-state index >= 15 is 0 Å². The first kappa shape index (κ1) is 16.2. The number of ether oxygens (including phenoxy) is 1. The van der Waals surface area contributed by atoms with Crippen LogP contribution in [0.3, 0.4) is 0 Å². The van der Waals surface area contributed by atoms with E-state index in [4.69, 9.17) is 4.74 Å². The Balaban J connectivity index is 3.06. The Kier molecular flexibility index (Phi) is 7.11. The summed E-state index contributed by atoms with van der Waals surface area (Å²) < 4.78 is 5.72. The van der Waals surface area contributed by atoms with E-state index in [0.717, 1.165) is 32.6 Å². The third-order valence-electron chi connectivity index (χ3n) is 4.22. The highest BCUT2D eigenvalue weighted by Crippen LogP contribution is 2.35. The summed E-state index contributed by atoms with van der Waals surface area (Å²) >= 11 is 0. The van der Waals surface area contributed by atoms with Crippen LogP contribution in [0.2, 0.25) is 0 Å². The minimum atomic E-state index is 0.159. The molecule has 0 fully saturated rings. The van der Waals surface area contributed by atoms with Crippen molar-refractivity contribution in [3.63, 3.8) is 0 Å². The zero-order valence-electron chi connectivity index (χ0n) is 12.9. The molecule has 0 aliphatic carbocycles. The Labute approximate surface area is 118 Å². The van der Waals surface area contributed by atoms with Gasteiger partial charge in [0, 0.05) is 18.1 Å². The lowest BCUT2D eigenvalue weighted by Crippen LogP contribution is -2.50. The van der Waals surface area contributed by atoms with Crippen molar-refractivity contribution < 1.29 is 4.74 Å². The van der Waals surface area contributed by atoms with Crippen molar-refractivity contribution in [2.75, 3.05) is 19.8 Å². The van der Waals surface area contributed by atoms with Crippen molar-refractivity contribution >= 4 is 0 Å². The van der Waals surface area contributed by atoms with Crippen LogP contribution in [0.1, 0.15) is 46.1 Å². The van der Waals surface area contributed by atoms with Crippen LogP contribution in [0.15, 0.2) is 30.3 Å². The minimum absolute atomic E-state index is 0.159. The van der Waals surface area contributed by atoms with Crippen LogP contribution in [0.5, 0.6) is 0 Å². The summed E-state index contributed by atoms with van der Waals surface area (Å²) in [6.07, 6.45) is 2.25. The van der Waals surface area contributed by atoms with E-state index in [1.54, 1.807) is 0 Å². The number of likely N-dealkylation sites (N-methyl/N-ethyl adjacent to an activating group) is 1. The van der Waals surface area contributed by atoms with Gasteiger partial charge in [0.15, 0.2) is 0 Å². The molecule has 1 aromatic rings. The maximum absolute atomic E-state index is 5.72. The maximum Gasteiger partial charge on any atom is 0.0628 e. The monoisotopic (exact) mass is 263 g/mol. The fourth-order valence-corrected chi connectivity index (χ4v) is 3.02. The van der Waals surface area contributed by atoms with Crippen molar-refractivity contribution in [3.05, 3.63) is 35.9 Å². The molecule has 19 heavy (non-hydrogen) atoms. The van der Waals surface area contributed by atoms with Gasteiger partial charge < -0.3 is 10.1 Å². The average molecular weight is 263 g/mol. The van der Waals surface area contributed by atoms with Gasteiger partial charge >= 0.3 is 0 Å². The van der Waals surface area contributed by atoms with E-state index in [2.05, 4.69) is 63.3 Å². The third-order valence-corrected chi connectivity index (χ3v) is 4.22. The Morgan fingerprint density at radius 1 is 1.05 bits per heavy atom. The van der Waals surface area contributed by atoms with E-state index in [-0.39, 0.29) is 5.41 Å². The number of nitrogens with one attached hydrogen (secondary N) is 1. The predicted octanol–water partition coefficient (Wildman–Crippen LogP) is 3.76. The van der Waals surface area contributed by atoms with Gasteiger partial charge in [0.2, 0.25) is 0 Å². The highest BCUT2D eigenvalue weighted by molar-refractivity contribution is 5.27. The molecular formula is C17H29NO. The van der Waals surface area contributed by atoms with Gasteiger partial charge in [-0.1, -0.05) is 51.1 Å². The quantitative estimate of drug-likeness (QED) is 0.732. The molecule has 0 saturated carbocycles. The molecule has 1 N–H and O–H groups in total. The molecular weight excluding hydrogens is 234 g/mol. The van der Waals surface area contributed by atoms with Crippen LogP contribution < -0.4 is 5.32 Å². The molecule has 0 bridgehead atoms. The summed E-state index contributed by atoms with van der Waals surface area (Å²) in [6, 6.07) is 11.2. The molecule has 0 radical (unpaired) electrons. The Bertz CT molecular complexity index is 332. The summed E-state index contributed by atoms with van der Waals surface area (Å²) in [6.45, 7) is 11.3. The van der Waals surface area contributed by atoms with Crippen LogP contribution >= 0.6 is 0 Å². The smallest absolute Gasteiger partial charge is 0.0628 e. The molecule has 0 aliphatic heterocycles. The average Bonchev–Trinajstić information content (AvgIpc) is 2.47. The molecule has 0 heterocycles. The second kappa shape index (κ2) is 8.34. The molecule has 1 aromatic carbocycles. The van der Waals surface area contributed by atoms with E-state index < -0.39 is 0 Å². The van der Waals surface area contributed by atoms with Crippen molar-refractivity contribution in [3.8, 4) is 0 Å². The van der Waals surface area contributed by atoms with Crippen LogP contribution in [-0.2, 0) is 10.2 Å². The van der Waals surface area contributed by atoms with Crippen LogP contribution in [-0.4, -0.2) is 25.8 Å². The second-order valence-electron chi connectivity index (χ2n) is 5.00. The summed E-state index contributed by atoms with van der Waals surface area (Å²) in [5.74, 6) is 0. The number of benzene rings is 1. The molecule has 2 heteroatoms. The van der Waals surface area contributed by atoms with Crippen molar-refractivity contribution in [2.24, 2.45) is 0 Å². The first-order valence-electron chi connectivity index (χ1n) is 7.61. The minimum Gasteiger partial charge on any atom is -0.380 e. The normalized spacial score (nSPS) is 13.5. The number of hydrogen-bond donors (Lipinski definition) is 1. The summed E-state index contributed by atoms with van der Waals surface area (Å²) in [5, 5.41) is 3.63. The van der Waals surface area contributed by atoms with Gasteiger partial charge in [0.05, 0.1) is 6.61 Å². The third kappa shape index (κ3) is 3.80. The summed E-state index contributed by atoms with van der Waals surface area (Å²) in [7, 11) is 0. The fourth-order valence-electron chi connectivity index (χ4n) is 3.02. The largest absolute Gasteiger partial charge is 0.380 e. The zero-order chi connectivity index (χ0) is 14.1. The predicted molar refractivity (Wildman–Crippen MR) is 82.7 cm³/mol. The Morgan fingerprint density at radius 2 is 1.68 bits per heavy atom. The van der Waals surface area contributed by atoms with E-state index in [1.165, 1.54) is 5.56 Å². The van der Waals surface area contributed by atoms with Gasteiger partial charge in [-0.25, -0.2) is 0 Å². The van der Waals surface area contributed by atoms with Gasteiger partial charge in [-0.15, -0.1) is 0 Å². The Hall–Kier alpha value is -0.860. The molecule has 108 valence electrons. The molecule has 0 amide bonds. The second-order valence-corrected chi connectivity index (χ2v) is 5.00. The fraction of sp³-hybridized carbons (Fsp3) is 0.647. The lowest BCUT2D eigenvalue weighted by Gasteiger charge is -2.40. The van der Waals surface area contributed by atoms with Crippen LogP contribution in [0.4, 0.5) is 0 Å². The maximum atomic E-state index is 5.72. The summed E-state index contributed by atoms with van der Waals surface area (Å²) in [4.78, 5) is 0. The molecule has 0 saturated heterocycles. The van der Waals surface area contributed by atoms with Crippen LogP contribution in [0, 0.1) is 0 Å². The van der Waals surface area contributed by atoms with Gasteiger partial charge in [0.1, 0.15) is 0 Å². The molecule has 1 atom stereocenters. The molecule has 0 aromatic heterocycles. The van der Waals surface area contributed by atoms with Crippen LogP contribution in [0.25, 0.3) is 0 Å². The van der Waals surface area contributed by atoms with Gasteiger partial charge in [0.25, 0.3) is 0 Å². The highest BCUT2D eigenvalue weighted by Gasteiger charge is 2.36. The van der Waals surface area contributed by atoms with Gasteiger partial charge in [-0.2, -0.15) is 0 Å². The Morgan fingerprint density at radius 3 is 2.16 bits per heavy atom. The number of hydrogen-bond acceptors (Lipinski definition) is 2. The summed E-state index contributed by atoms with van der Waals surface area (Å²) in [5.41, 5.74) is 1.58. The van der Waals surface area contributed by atoms with Gasteiger partial charge in [-0.05, 0) is 31.9 Å². The lowest BCUT2D eigenvalue weighted by atomic mass is 9.70. The lowest BCUT2D eigenvalue weighted by molar-refractivity contribution is 0.0887. The zero-order valence-corrected chi connectivity index (χ0v) is 12.9. The molecule has 0 spiro atoms. The molecule has 1 rings (SSSR count). The van der Waals surface area contributed by atoms with E-state index in [9.17, 15) is 0 Å². The van der Waals surface area contributed by atoms with Gasteiger partial charge in [-0.3, -0.25) is 0 Å². The van der Waals surface area contributed by atoms with Crippen molar-refractivity contribution in [2.45, 2.75) is 52.0 Å². The SMILES string of the molecule is CCNC(COCC)C(CC)(CC)c1ccccc1. The highest BCUT2D eigenvalue weighted by atomic mass is 16.5. The van der Waals surface area contributed by atoms with Crippen molar-refractivity contribution in [1.82, 2.24) is 5.32 Å². The van der Waals surface area contributed by atoms with E-state index in [1.807, 2.05) is 0 Å². The molecule has 0 aliphatic rings. The molecule has 2 nitrogen and oxygen atoms in total. The molecule has 1 unspecified atom stereocenters. The standard InChI is InChI=1S/C17H29NO/c1-5-17(6-2,15-12-10-9-11-13-15)16(18-7-3)14-19-8-4/h9-13,16,18H,5-8,14H2,1-4H3.